The highest BCUT2D eigenvalue weighted by molar-refractivity contribution is 9.10. The summed E-state index contributed by atoms with van der Waals surface area (Å²) in [6.07, 6.45) is 3.67. The van der Waals surface area contributed by atoms with Gasteiger partial charge in [0.25, 0.3) is 5.91 Å². The number of fused-ring (bicyclic) bond motifs is 5. The molecule has 3 aromatic heterocycles. The largest absolute Gasteiger partial charge is 0.268 e. The van der Waals surface area contributed by atoms with Crippen LogP contribution in [0.25, 0.3) is 31.2 Å². The summed E-state index contributed by atoms with van der Waals surface area (Å²) in [5.74, 6) is -0.0295. The van der Waals surface area contributed by atoms with Crippen LogP contribution in [-0.2, 0) is 0 Å². The van der Waals surface area contributed by atoms with E-state index in [1.165, 1.54) is 0 Å². The SMILES string of the molecule is O=C(c1ccccc1Br)n1c2ccccc2c2c3cnccc3sc21. The van der Waals surface area contributed by atoms with Gasteiger partial charge in [-0.3, -0.25) is 14.3 Å². The second-order valence-corrected chi connectivity index (χ2v) is 7.68. The number of halogens is 1. The van der Waals surface area contributed by atoms with Crippen molar-refractivity contribution in [3.63, 3.8) is 0 Å². The molecule has 0 radical (unpaired) electrons. The topological polar surface area (TPSA) is 34.9 Å². The Balaban J connectivity index is 1.94. The second-order valence-electron chi connectivity index (χ2n) is 5.79. The average Bonchev–Trinajstić information content (AvgIpc) is 3.16. The fourth-order valence-corrected chi connectivity index (χ4v) is 4.94. The van der Waals surface area contributed by atoms with Crippen molar-refractivity contribution in [3.8, 4) is 0 Å². The Labute approximate surface area is 155 Å². The lowest BCUT2D eigenvalue weighted by Crippen LogP contribution is -2.11. The number of hydrogen-bond donors (Lipinski definition) is 0. The van der Waals surface area contributed by atoms with Gasteiger partial charge in [0.2, 0.25) is 0 Å². The highest BCUT2D eigenvalue weighted by Gasteiger charge is 2.22. The molecule has 0 N–H and O–H groups in total. The van der Waals surface area contributed by atoms with Gasteiger partial charge in [-0.05, 0) is 40.2 Å². The van der Waals surface area contributed by atoms with Crippen molar-refractivity contribution in [1.29, 1.82) is 0 Å². The summed E-state index contributed by atoms with van der Waals surface area (Å²) in [6.45, 7) is 0. The van der Waals surface area contributed by atoms with Gasteiger partial charge in [0.15, 0.2) is 0 Å². The van der Waals surface area contributed by atoms with Crippen molar-refractivity contribution in [1.82, 2.24) is 9.55 Å². The van der Waals surface area contributed by atoms with Crippen molar-refractivity contribution in [2.45, 2.75) is 0 Å². The molecular weight excluding hydrogens is 396 g/mol. The molecule has 3 nitrogen and oxygen atoms in total. The lowest BCUT2D eigenvalue weighted by Gasteiger charge is -2.07. The fraction of sp³-hybridized carbons (Fsp3) is 0. The summed E-state index contributed by atoms with van der Waals surface area (Å²) in [4.78, 5) is 18.6. The van der Waals surface area contributed by atoms with Gasteiger partial charge in [0.05, 0.1) is 11.1 Å². The van der Waals surface area contributed by atoms with E-state index in [2.05, 4.69) is 27.0 Å². The summed E-state index contributed by atoms with van der Waals surface area (Å²) in [5.41, 5.74) is 1.58. The van der Waals surface area contributed by atoms with E-state index in [1.54, 1.807) is 17.5 Å². The van der Waals surface area contributed by atoms with Gasteiger partial charge in [0, 0.05) is 37.7 Å². The predicted octanol–water partition coefficient (Wildman–Crippen LogP) is 5.86. The molecule has 0 spiro atoms. The molecule has 25 heavy (non-hydrogen) atoms. The second kappa shape index (κ2) is 5.51. The van der Waals surface area contributed by atoms with Crippen LogP contribution < -0.4 is 0 Å². The zero-order valence-corrected chi connectivity index (χ0v) is 15.3. The maximum absolute atomic E-state index is 13.4. The molecular formula is C20H11BrN2OS. The van der Waals surface area contributed by atoms with Crippen LogP contribution in [0.4, 0.5) is 0 Å². The van der Waals surface area contributed by atoms with Crippen molar-refractivity contribution >= 4 is 64.4 Å². The molecule has 0 atom stereocenters. The fourth-order valence-electron chi connectivity index (χ4n) is 3.29. The standard InChI is InChI=1S/C20H11BrN2OS/c21-15-7-3-1-5-12(15)19(24)23-16-8-4-2-6-13(16)18-14-11-22-10-9-17(14)25-20(18)23/h1-11H. The van der Waals surface area contributed by atoms with E-state index in [-0.39, 0.29) is 5.91 Å². The number of benzene rings is 2. The molecule has 0 fully saturated rings. The van der Waals surface area contributed by atoms with Crippen LogP contribution in [0.3, 0.4) is 0 Å². The molecule has 0 amide bonds. The maximum atomic E-state index is 13.4. The number of thiophene rings is 1. The van der Waals surface area contributed by atoms with Crippen molar-refractivity contribution in [2.24, 2.45) is 0 Å². The third kappa shape index (κ3) is 2.09. The first-order valence-corrected chi connectivity index (χ1v) is 9.41. The molecule has 3 heterocycles. The molecule has 0 unspecified atom stereocenters. The Bertz CT molecular complexity index is 1290. The Morgan fingerprint density at radius 2 is 1.80 bits per heavy atom. The number of rotatable bonds is 1. The highest BCUT2D eigenvalue weighted by atomic mass is 79.9. The minimum Gasteiger partial charge on any atom is -0.268 e. The van der Waals surface area contributed by atoms with Crippen LogP contribution in [0.5, 0.6) is 0 Å². The van der Waals surface area contributed by atoms with Crippen LogP contribution in [0, 0.1) is 0 Å². The molecule has 0 aliphatic rings. The Hall–Kier alpha value is -2.50. The van der Waals surface area contributed by atoms with Crippen LogP contribution in [0.2, 0.25) is 0 Å². The van der Waals surface area contributed by atoms with E-state index in [0.29, 0.717) is 5.56 Å². The third-order valence-corrected chi connectivity index (χ3v) is 6.24. The van der Waals surface area contributed by atoms with Gasteiger partial charge in [-0.15, -0.1) is 11.3 Å². The lowest BCUT2D eigenvalue weighted by atomic mass is 10.1. The van der Waals surface area contributed by atoms with E-state index in [1.807, 2.05) is 59.3 Å². The normalized spacial score (nSPS) is 11.6. The highest BCUT2D eigenvalue weighted by Crippen LogP contribution is 2.40. The monoisotopic (exact) mass is 406 g/mol. The minimum atomic E-state index is -0.0295. The first-order chi connectivity index (χ1) is 12.3. The smallest absolute Gasteiger partial charge is 0.264 e. The van der Waals surface area contributed by atoms with Gasteiger partial charge >= 0.3 is 0 Å². The van der Waals surface area contributed by atoms with E-state index in [9.17, 15) is 4.79 Å². The number of hydrogen-bond acceptors (Lipinski definition) is 3. The molecule has 5 rings (SSSR count). The average molecular weight is 407 g/mol. The van der Waals surface area contributed by atoms with Crippen molar-refractivity contribution < 1.29 is 4.79 Å². The first kappa shape index (κ1) is 14.8. The lowest BCUT2D eigenvalue weighted by molar-refractivity contribution is 0.0969. The van der Waals surface area contributed by atoms with E-state index in [4.69, 9.17) is 0 Å². The summed E-state index contributed by atoms with van der Waals surface area (Å²) in [5, 5.41) is 3.28. The molecule has 0 saturated carbocycles. The number of pyridine rings is 1. The summed E-state index contributed by atoms with van der Waals surface area (Å²) >= 11 is 5.13. The molecule has 0 bridgehead atoms. The maximum Gasteiger partial charge on any atom is 0.264 e. The van der Waals surface area contributed by atoms with E-state index < -0.39 is 0 Å². The number of para-hydroxylation sites is 1. The van der Waals surface area contributed by atoms with Crippen LogP contribution >= 0.6 is 27.3 Å². The molecule has 0 aliphatic carbocycles. The van der Waals surface area contributed by atoms with E-state index in [0.717, 1.165) is 35.7 Å². The molecule has 0 saturated heterocycles. The van der Waals surface area contributed by atoms with Crippen LogP contribution in [-0.4, -0.2) is 15.5 Å². The van der Waals surface area contributed by atoms with Crippen LogP contribution in [0.15, 0.2) is 71.5 Å². The number of carbonyl (C=O) groups is 1. The molecule has 120 valence electrons. The van der Waals surface area contributed by atoms with Gasteiger partial charge in [-0.1, -0.05) is 30.3 Å². The molecule has 2 aromatic carbocycles. The first-order valence-electron chi connectivity index (χ1n) is 7.80. The summed E-state index contributed by atoms with van der Waals surface area (Å²) in [7, 11) is 0. The summed E-state index contributed by atoms with van der Waals surface area (Å²) < 4.78 is 3.77. The molecule has 0 aliphatic heterocycles. The predicted molar refractivity (Wildman–Crippen MR) is 106 cm³/mol. The Kier molecular flexibility index (Phi) is 3.26. The van der Waals surface area contributed by atoms with Gasteiger partial charge in [-0.25, -0.2) is 0 Å². The van der Waals surface area contributed by atoms with Gasteiger partial charge in [0.1, 0.15) is 4.83 Å². The number of aromatic nitrogens is 2. The number of nitrogens with zero attached hydrogens (tertiary/aromatic N) is 2. The Morgan fingerprint density at radius 1 is 1.00 bits per heavy atom. The van der Waals surface area contributed by atoms with Gasteiger partial charge < -0.3 is 0 Å². The third-order valence-electron chi connectivity index (χ3n) is 4.40. The van der Waals surface area contributed by atoms with Gasteiger partial charge in [-0.2, -0.15) is 0 Å². The zero-order valence-electron chi connectivity index (χ0n) is 12.9. The van der Waals surface area contributed by atoms with Crippen molar-refractivity contribution in [3.05, 3.63) is 77.0 Å². The van der Waals surface area contributed by atoms with Crippen LogP contribution in [0.1, 0.15) is 10.4 Å². The minimum absolute atomic E-state index is 0.0295. The van der Waals surface area contributed by atoms with Crippen molar-refractivity contribution in [2.75, 3.05) is 0 Å². The zero-order chi connectivity index (χ0) is 17.0. The Morgan fingerprint density at radius 3 is 2.68 bits per heavy atom. The molecule has 5 heteroatoms. The number of carbonyl (C=O) groups excluding carboxylic acids is 1. The van der Waals surface area contributed by atoms with E-state index >= 15 is 0 Å². The quantitative estimate of drug-likeness (QED) is 0.349. The summed E-state index contributed by atoms with van der Waals surface area (Å²) in [6, 6.07) is 17.6. The molecule has 5 aromatic rings.